The van der Waals surface area contributed by atoms with Gasteiger partial charge in [0.1, 0.15) is 0 Å². The van der Waals surface area contributed by atoms with Crippen molar-refractivity contribution in [2.24, 2.45) is 7.05 Å². The van der Waals surface area contributed by atoms with Crippen LogP contribution in [0.4, 0.5) is 0 Å². The zero-order valence-electron chi connectivity index (χ0n) is 14.8. The van der Waals surface area contributed by atoms with E-state index < -0.39 is 0 Å². The monoisotopic (exact) mass is 338 g/mol. The second-order valence-corrected chi connectivity index (χ2v) is 7.27. The molecule has 1 saturated carbocycles. The summed E-state index contributed by atoms with van der Waals surface area (Å²) in [6.07, 6.45) is 6.49. The Labute approximate surface area is 148 Å². The van der Waals surface area contributed by atoms with Gasteiger partial charge in [-0.1, -0.05) is 30.3 Å². The molecule has 1 atom stereocenters. The molecule has 0 saturated heterocycles. The van der Waals surface area contributed by atoms with E-state index in [1.807, 2.05) is 29.9 Å². The van der Waals surface area contributed by atoms with Crippen molar-refractivity contribution >= 4 is 5.91 Å². The number of benzene rings is 1. The molecule has 1 heterocycles. The van der Waals surface area contributed by atoms with E-state index in [-0.39, 0.29) is 5.91 Å². The topological polar surface area (TPSA) is 59.0 Å². The number of nitrogens with one attached hydrogen (secondary N) is 2. The van der Waals surface area contributed by atoms with E-state index in [4.69, 9.17) is 0 Å². The van der Waals surface area contributed by atoms with Gasteiger partial charge < -0.3 is 10.6 Å². The van der Waals surface area contributed by atoms with Crippen LogP contribution < -0.4 is 10.6 Å². The highest BCUT2D eigenvalue weighted by Gasteiger charge is 2.31. The third-order valence-corrected chi connectivity index (χ3v) is 5.26. The molecule has 25 heavy (non-hydrogen) atoms. The summed E-state index contributed by atoms with van der Waals surface area (Å²) in [6, 6.07) is 11.4. The molecule has 2 aliphatic carbocycles. The fourth-order valence-electron chi connectivity index (χ4n) is 3.75. The summed E-state index contributed by atoms with van der Waals surface area (Å²) in [6.45, 7) is 0.637. The van der Waals surface area contributed by atoms with Gasteiger partial charge in [0, 0.05) is 36.9 Å². The van der Waals surface area contributed by atoms with Crippen LogP contribution in [0.2, 0.25) is 0 Å². The summed E-state index contributed by atoms with van der Waals surface area (Å²) in [7, 11) is 1.95. The van der Waals surface area contributed by atoms with Crippen molar-refractivity contribution in [1.82, 2.24) is 20.4 Å². The molecule has 5 heteroatoms. The standard InChI is InChI=1S/C20H26N4O/c1-24-18-10-9-16(22-15-7-8-15)13-17(18)19(23-24)20(25)21-12-11-14-5-3-2-4-6-14/h2-6,15-16,22H,7-13H2,1H3,(H,21,25). The maximum atomic E-state index is 12.7. The van der Waals surface area contributed by atoms with E-state index in [9.17, 15) is 4.79 Å². The number of fused-ring (bicyclic) bond motifs is 1. The summed E-state index contributed by atoms with van der Waals surface area (Å²) in [5.74, 6) is -0.0418. The summed E-state index contributed by atoms with van der Waals surface area (Å²) < 4.78 is 1.90. The van der Waals surface area contributed by atoms with Crippen LogP contribution in [0, 0.1) is 0 Å². The first-order valence-electron chi connectivity index (χ1n) is 9.33. The normalized spacial score (nSPS) is 19.5. The SMILES string of the molecule is Cn1nc(C(=O)NCCc2ccccc2)c2c1CCC(NC1CC1)C2. The van der Waals surface area contributed by atoms with Gasteiger partial charge >= 0.3 is 0 Å². The molecule has 132 valence electrons. The Morgan fingerprint density at radius 3 is 2.76 bits per heavy atom. The number of carbonyl (C=O) groups is 1. The van der Waals surface area contributed by atoms with Crippen molar-refractivity contribution < 1.29 is 4.79 Å². The molecule has 4 rings (SSSR count). The van der Waals surface area contributed by atoms with Gasteiger partial charge in [-0.3, -0.25) is 9.48 Å². The Morgan fingerprint density at radius 2 is 2.00 bits per heavy atom. The Hall–Kier alpha value is -2.14. The van der Waals surface area contributed by atoms with E-state index in [1.165, 1.54) is 24.1 Å². The molecule has 1 aromatic carbocycles. The van der Waals surface area contributed by atoms with Crippen LogP contribution >= 0.6 is 0 Å². The lowest BCUT2D eigenvalue weighted by atomic mass is 9.91. The van der Waals surface area contributed by atoms with Gasteiger partial charge in [0.2, 0.25) is 0 Å². The summed E-state index contributed by atoms with van der Waals surface area (Å²) in [5.41, 5.74) is 4.22. The van der Waals surface area contributed by atoms with E-state index in [1.54, 1.807) is 0 Å². The molecule has 2 N–H and O–H groups in total. The molecular formula is C20H26N4O. The lowest BCUT2D eigenvalue weighted by molar-refractivity contribution is 0.0947. The third-order valence-electron chi connectivity index (χ3n) is 5.26. The van der Waals surface area contributed by atoms with Gasteiger partial charge in [-0.15, -0.1) is 0 Å². The Bertz CT molecular complexity index is 749. The van der Waals surface area contributed by atoms with Crippen molar-refractivity contribution in [1.29, 1.82) is 0 Å². The first-order valence-corrected chi connectivity index (χ1v) is 9.33. The summed E-state index contributed by atoms with van der Waals surface area (Å²) >= 11 is 0. The number of rotatable bonds is 6. The van der Waals surface area contributed by atoms with Gasteiger partial charge in [-0.25, -0.2) is 0 Å². The van der Waals surface area contributed by atoms with Crippen molar-refractivity contribution in [2.75, 3.05) is 6.54 Å². The largest absolute Gasteiger partial charge is 0.350 e. The molecule has 0 spiro atoms. The number of aromatic nitrogens is 2. The Kier molecular flexibility index (Phi) is 4.57. The number of amides is 1. The molecule has 1 amide bonds. The number of hydrogen-bond donors (Lipinski definition) is 2. The lowest BCUT2D eigenvalue weighted by Crippen LogP contribution is -2.37. The molecule has 1 unspecified atom stereocenters. The molecular weight excluding hydrogens is 312 g/mol. The van der Waals surface area contributed by atoms with E-state index >= 15 is 0 Å². The molecule has 1 aromatic heterocycles. The van der Waals surface area contributed by atoms with Gasteiger partial charge in [-0.2, -0.15) is 5.10 Å². The Balaban J connectivity index is 1.40. The number of aryl methyl sites for hydroxylation is 1. The zero-order valence-corrected chi connectivity index (χ0v) is 14.8. The van der Waals surface area contributed by atoms with Gasteiger partial charge in [0.15, 0.2) is 5.69 Å². The van der Waals surface area contributed by atoms with Crippen LogP contribution in [0.3, 0.4) is 0 Å². The van der Waals surface area contributed by atoms with Crippen LogP contribution in [0.15, 0.2) is 30.3 Å². The van der Waals surface area contributed by atoms with Crippen molar-refractivity contribution in [3.8, 4) is 0 Å². The number of carbonyl (C=O) groups excluding carboxylic acids is 1. The van der Waals surface area contributed by atoms with Gasteiger partial charge in [0.05, 0.1) is 0 Å². The maximum absolute atomic E-state index is 12.7. The lowest BCUT2D eigenvalue weighted by Gasteiger charge is -2.24. The highest BCUT2D eigenvalue weighted by Crippen LogP contribution is 2.27. The fourth-order valence-corrected chi connectivity index (χ4v) is 3.75. The second kappa shape index (κ2) is 7.00. The predicted octanol–water partition coefficient (Wildman–Crippen LogP) is 2.00. The number of nitrogens with zero attached hydrogens (tertiary/aromatic N) is 2. The predicted molar refractivity (Wildman–Crippen MR) is 97.7 cm³/mol. The van der Waals surface area contributed by atoms with Crippen molar-refractivity contribution in [2.45, 2.75) is 50.6 Å². The smallest absolute Gasteiger partial charge is 0.272 e. The van der Waals surface area contributed by atoms with Gasteiger partial charge in [0.25, 0.3) is 5.91 Å². The average Bonchev–Trinajstić information content (AvgIpc) is 3.38. The fraction of sp³-hybridized carbons (Fsp3) is 0.500. The highest BCUT2D eigenvalue weighted by atomic mass is 16.1. The zero-order chi connectivity index (χ0) is 17.2. The second-order valence-electron chi connectivity index (χ2n) is 7.27. The van der Waals surface area contributed by atoms with Crippen molar-refractivity contribution in [3.05, 3.63) is 52.8 Å². The molecule has 0 radical (unpaired) electrons. The summed E-state index contributed by atoms with van der Waals surface area (Å²) in [5, 5.41) is 11.3. The maximum Gasteiger partial charge on any atom is 0.272 e. The van der Waals surface area contributed by atoms with Crippen LogP contribution in [-0.4, -0.2) is 34.3 Å². The average molecular weight is 338 g/mol. The number of hydrogen-bond acceptors (Lipinski definition) is 3. The van der Waals surface area contributed by atoms with Crippen LogP contribution in [0.1, 0.15) is 46.6 Å². The third kappa shape index (κ3) is 3.76. The van der Waals surface area contributed by atoms with E-state index in [0.29, 0.717) is 24.3 Å². The molecule has 2 aromatic rings. The quantitative estimate of drug-likeness (QED) is 0.847. The first kappa shape index (κ1) is 16.3. The molecule has 0 aliphatic heterocycles. The molecule has 5 nitrogen and oxygen atoms in total. The van der Waals surface area contributed by atoms with Gasteiger partial charge in [-0.05, 0) is 44.1 Å². The Morgan fingerprint density at radius 1 is 1.20 bits per heavy atom. The molecule has 0 bridgehead atoms. The highest BCUT2D eigenvalue weighted by molar-refractivity contribution is 5.94. The first-order chi connectivity index (χ1) is 12.2. The van der Waals surface area contributed by atoms with Crippen LogP contribution in [0.25, 0.3) is 0 Å². The minimum Gasteiger partial charge on any atom is -0.350 e. The van der Waals surface area contributed by atoms with E-state index in [0.717, 1.165) is 31.2 Å². The summed E-state index contributed by atoms with van der Waals surface area (Å²) in [4.78, 5) is 12.7. The molecule has 1 fully saturated rings. The van der Waals surface area contributed by atoms with Crippen LogP contribution in [0.5, 0.6) is 0 Å². The minimum atomic E-state index is -0.0418. The minimum absolute atomic E-state index is 0.0418. The van der Waals surface area contributed by atoms with E-state index in [2.05, 4.69) is 27.9 Å². The molecule has 2 aliphatic rings. The van der Waals surface area contributed by atoms with Crippen LogP contribution in [-0.2, 0) is 26.3 Å². The van der Waals surface area contributed by atoms with Crippen molar-refractivity contribution in [3.63, 3.8) is 0 Å².